The first-order valence-corrected chi connectivity index (χ1v) is 8.97. The largest absolute Gasteiger partial charge is 0.317 e. The van der Waals surface area contributed by atoms with E-state index < -0.39 is 16.1 Å². The maximum absolute atomic E-state index is 13.5. The summed E-state index contributed by atoms with van der Waals surface area (Å²) in [4.78, 5) is 0. The lowest BCUT2D eigenvalue weighted by Gasteiger charge is -2.15. The van der Waals surface area contributed by atoms with Gasteiger partial charge in [0.15, 0.2) is 0 Å². The van der Waals surface area contributed by atoms with Crippen LogP contribution in [0.15, 0.2) is 18.2 Å². The summed E-state index contributed by atoms with van der Waals surface area (Å²) in [5.41, 5.74) is 1.19. The third-order valence-electron chi connectivity index (χ3n) is 3.32. The van der Waals surface area contributed by atoms with E-state index in [4.69, 9.17) is 0 Å². The summed E-state index contributed by atoms with van der Waals surface area (Å²) in [7, 11) is -3.34. The molecule has 0 aromatic heterocycles. The summed E-state index contributed by atoms with van der Waals surface area (Å²) in [6, 6.07) is 4.36. The van der Waals surface area contributed by atoms with Gasteiger partial charge in [-0.2, -0.15) is 0 Å². The number of sulfonamides is 1. The number of hydrogen-bond acceptors (Lipinski definition) is 3. The van der Waals surface area contributed by atoms with Gasteiger partial charge in [-0.05, 0) is 57.0 Å². The van der Waals surface area contributed by atoms with Crippen LogP contribution in [0.5, 0.6) is 0 Å². The molecule has 1 unspecified atom stereocenters. The van der Waals surface area contributed by atoms with Crippen molar-refractivity contribution in [2.45, 2.75) is 39.7 Å². The molecule has 1 rings (SSSR count). The van der Waals surface area contributed by atoms with Gasteiger partial charge in [0.25, 0.3) is 0 Å². The van der Waals surface area contributed by atoms with Crippen LogP contribution in [0.2, 0.25) is 0 Å². The molecule has 21 heavy (non-hydrogen) atoms. The van der Waals surface area contributed by atoms with Crippen molar-refractivity contribution in [3.63, 3.8) is 0 Å². The maximum atomic E-state index is 13.5. The molecule has 0 radical (unpaired) electrons. The zero-order valence-corrected chi connectivity index (χ0v) is 13.8. The van der Waals surface area contributed by atoms with E-state index in [1.807, 2.05) is 6.92 Å². The average Bonchev–Trinajstić information content (AvgIpc) is 2.41. The predicted octanol–water partition coefficient (Wildman–Crippen LogP) is 2.50. The Balaban J connectivity index is 2.51. The molecule has 0 fully saturated rings. The maximum Gasteiger partial charge on any atom is 0.212 e. The van der Waals surface area contributed by atoms with E-state index in [-0.39, 0.29) is 11.6 Å². The van der Waals surface area contributed by atoms with Crippen molar-refractivity contribution in [2.24, 2.45) is 0 Å². The highest BCUT2D eigenvalue weighted by atomic mass is 32.2. The molecule has 1 aromatic carbocycles. The van der Waals surface area contributed by atoms with Crippen LogP contribution < -0.4 is 10.0 Å². The minimum absolute atomic E-state index is 0.0943. The van der Waals surface area contributed by atoms with Crippen molar-refractivity contribution in [1.29, 1.82) is 0 Å². The van der Waals surface area contributed by atoms with Gasteiger partial charge in [0.1, 0.15) is 5.82 Å². The fraction of sp³-hybridized carbons (Fsp3) is 0.600. The highest BCUT2D eigenvalue weighted by Crippen LogP contribution is 2.17. The molecule has 2 N–H and O–H groups in total. The van der Waals surface area contributed by atoms with Gasteiger partial charge >= 0.3 is 0 Å². The van der Waals surface area contributed by atoms with Gasteiger partial charge in [0.05, 0.1) is 5.75 Å². The molecule has 0 saturated carbocycles. The normalized spacial score (nSPS) is 13.3. The van der Waals surface area contributed by atoms with Gasteiger partial charge in [-0.25, -0.2) is 17.5 Å². The summed E-state index contributed by atoms with van der Waals surface area (Å²) in [5, 5.41) is 3.16. The summed E-state index contributed by atoms with van der Waals surface area (Å²) >= 11 is 0. The second-order valence-electron chi connectivity index (χ2n) is 5.23. The Morgan fingerprint density at radius 3 is 2.62 bits per heavy atom. The second kappa shape index (κ2) is 8.46. The topological polar surface area (TPSA) is 58.2 Å². The minimum Gasteiger partial charge on any atom is -0.317 e. The van der Waals surface area contributed by atoms with Crippen LogP contribution in [0.4, 0.5) is 4.39 Å². The third kappa shape index (κ3) is 6.54. The molecule has 120 valence electrons. The molecule has 0 aliphatic rings. The van der Waals surface area contributed by atoms with Crippen LogP contribution in [0.1, 0.15) is 43.9 Å². The van der Waals surface area contributed by atoms with Gasteiger partial charge in [-0.1, -0.05) is 19.1 Å². The van der Waals surface area contributed by atoms with Crippen molar-refractivity contribution >= 4 is 10.0 Å². The molecule has 0 spiro atoms. The Hall–Kier alpha value is -0.980. The number of unbranched alkanes of at least 4 members (excludes halogenated alkanes) is 1. The monoisotopic (exact) mass is 316 g/mol. The third-order valence-corrected chi connectivity index (χ3v) is 4.86. The van der Waals surface area contributed by atoms with Crippen LogP contribution in [-0.2, 0) is 10.0 Å². The van der Waals surface area contributed by atoms with E-state index in [0.717, 1.165) is 19.5 Å². The van der Waals surface area contributed by atoms with E-state index >= 15 is 0 Å². The molecule has 0 amide bonds. The Morgan fingerprint density at radius 2 is 2.00 bits per heavy atom. The number of nitrogens with one attached hydrogen (secondary N) is 2. The van der Waals surface area contributed by atoms with Gasteiger partial charge < -0.3 is 5.32 Å². The Kier molecular flexibility index (Phi) is 7.28. The zero-order valence-electron chi connectivity index (χ0n) is 12.9. The first-order valence-electron chi connectivity index (χ1n) is 7.32. The number of hydrogen-bond donors (Lipinski definition) is 2. The molecule has 1 aromatic rings. The molecule has 0 saturated heterocycles. The molecule has 1 atom stereocenters. The molecule has 0 heterocycles. The Labute approximate surface area is 127 Å². The molecule has 0 bridgehead atoms. The van der Waals surface area contributed by atoms with Crippen molar-refractivity contribution in [1.82, 2.24) is 10.0 Å². The molecular formula is C15H25FN2O2S. The quantitative estimate of drug-likeness (QED) is 0.688. The Morgan fingerprint density at radius 1 is 1.29 bits per heavy atom. The molecule has 0 aliphatic carbocycles. The second-order valence-corrected chi connectivity index (χ2v) is 7.10. The minimum atomic E-state index is -3.34. The van der Waals surface area contributed by atoms with Crippen LogP contribution >= 0.6 is 0 Å². The molecule has 4 nitrogen and oxygen atoms in total. The zero-order chi connectivity index (χ0) is 15.9. The van der Waals surface area contributed by atoms with Gasteiger partial charge in [0, 0.05) is 6.04 Å². The van der Waals surface area contributed by atoms with Crippen molar-refractivity contribution in [3.8, 4) is 0 Å². The van der Waals surface area contributed by atoms with E-state index in [9.17, 15) is 12.8 Å². The molecule has 6 heteroatoms. The van der Waals surface area contributed by atoms with Crippen LogP contribution in [0.25, 0.3) is 0 Å². The summed E-state index contributed by atoms with van der Waals surface area (Å²) < 4.78 is 40.1. The predicted molar refractivity (Wildman–Crippen MR) is 84.3 cm³/mol. The van der Waals surface area contributed by atoms with Crippen molar-refractivity contribution in [2.75, 3.05) is 18.8 Å². The highest BCUT2D eigenvalue weighted by molar-refractivity contribution is 7.89. The Bertz CT molecular complexity index is 547. The molecule has 0 aliphatic heterocycles. The smallest absolute Gasteiger partial charge is 0.212 e. The van der Waals surface area contributed by atoms with E-state index in [1.54, 1.807) is 26.0 Å². The van der Waals surface area contributed by atoms with Crippen molar-refractivity contribution in [3.05, 3.63) is 35.1 Å². The van der Waals surface area contributed by atoms with Crippen LogP contribution in [0.3, 0.4) is 0 Å². The first kappa shape index (κ1) is 18.1. The lowest BCUT2D eigenvalue weighted by atomic mass is 10.1. The number of rotatable bonds is 9. The SMILES string of the molecule is CCNCCCCS(=O)(=O)NC(C)c1ccc(C)c(F)c1. The number of halogens is 1. The summed E-state index contributed by atoms with van der Waals surface area (Å²) in [5.74, 6) is -0.221. The van der Waals surface area contributed by atoms with E-state index in [1.165, 1.54) is 6.07 Å². The molecular weight excluding hydrogens is 291 g/mol. The fourth-order valence-electron chi connectivity index (χ4n) is 1.99. The van der Waals surface area contributed by atoms with Gasteiger partial charge in [-0.15, -0.1) is 0 Å². The average molecular weight is 316 g/mol. The van der Waals surface area contributed by atoms with Crippen LogP contribution in [-0.4, -0.2) is 27.3 Å². The summed E-state index contributed by atoms with van der Waals surface area (Å²) in [6.07, 6.45) is 1.43. The van der Waals surface area contributed by atoms with Gasteiger partial charge in [-0.3, -0.25) is 0 Å². The lowest BCUT2D eigenvalue weighted by Crippen LogP contribution is -2.29. The number of benzene rings is 1. The standard InChI is InChI=1S/C15H25FN2O2S/c1-4-17-9-5-6-10-21(19,20)18-13(3)14-8-7-12(2)15(16)11-14/h7-8,11,13,17-18H,4-6,9-10H2,1-3H3. The highest BCUT2D eigenvalue weighted by Gasteiger charge is 2.16. The number of aryl methyl sites for hydroxylation is 1. The van der Waals surface area contributed by atoms with E-state index in [0.29, 0.717) is 17.5 Å². The van der Waals surface area contributed by atoms with Gasteiger partial charge in [0.2, 0.25) is 10.0 Å². The summed E-state index contributed by atoms with van der Waals surface area (Å²) in [6.45, 7) is 7.13. The van der Waals surface area contributed by atoms with Crippen molar-refractivity contribution < 1.29 is 12.8 Å². The van der Waals surface area contributed by atoms with Crippen LogP contribution in [0, 0.1) is 12.7 Å². The van der Waals surface area contributed by atoms with E-state index in [2.05, 4.69) is 10.0 Å². The fourth-order valence-corrected chi connectivity index (χ4v) is 3.37. The lowest BCUT2D eigenvalue weighted by molar-refractivity contribution is 0.558. The first-order chi connectivity index (χ1) is 9.85.